The van der Waals surface area contributed by atoms with Crippen molar-refractivity contribution in [3.63, 3.8) is 0 Å². The third-order valence-electron chi connectivity index (χ3n) is 4.78. The summed E-state index contributed by atoms with van der Waals surface area (Å²) in [6.45, 7) is 5.19. The van der Waals surface area contributed by atoms with Gasteiger partial charge in [0.05, 0.1) is 12.7 Å². The van der Waals surface area contributed by atoms with Crippen molar-refractivity contribution in [2.24, 2.45) is 5.92 Å². The molecule has 0 saturated carbocycles. The zero-order chi connectivity index (χ0) is 17.1. The Labute approximate surface area is 147 Å². The normalized spacial score (nSPS) is 22.5. The third-order valence-corrected chi connectivity index (χ3v) is 5.03. The highest BCUT2D eigenvalue weighted by Gasteiger charge is 2.32. The second kappa shape index (κ2) is 7.53. The van der Waals surface area contributed by atoms with E-state index in [0.29, 0.717) is 43.4 Å². The van der Waals surface area contributed by atoms with Gasteiger partial charge in [0, 0.05) is 42.7 Å². The molecule has 2 amide bonds. The van der Waals surface area contributed by atoms with E-state index in [-0.39, 0.29) is 23.8 Å². The fraction of sp³-hybridized carbons (Fsp3) is 0.556. The first-order valence-corrected chi connectivity index (χ1v) is 8.87. The molecule has 0 aliphatic carbocycles. The minimum absolute atomic E-state index is 0.0116. The average Bonchev–Trinajstić information content (AvgIpc) is 2.61. The number of hydrogen-bond acceptors (Lipinski definition) is 3. The number of halogens is 1. The Balaban J connectivity index is 1.54. The maximum absolute atomic E-state index is 12.6. The maximum Gasteiger partial charge on any atom is 0.253 e. The minimum atomic E-state index is 0.0116. The molecule has 2 aliphatic heterocycles. The molecule has 0 unspecified atom stereocenters. The van der Waals surface area contributed by atoms with Gasteiger partial charge in [0.2, 0.25) is 5.91 Å². The Morgan fingerprint density at radius 3 is 2.38 bits per heavy atom. The zero-order valence-electron chi connectivity index (χ0n) is 13.9. The molecule has 5 nitrogen and oxygen atoms in total. The van der Waals surface area contributed by atoms with Gasteiger partial charge in [0.25, 0.3) is 5.91 Å². The number of likely N-dealkylation sites (tertiary alicyclic amines) is 1. The van der Waals surface area contributed by atoms with Crippen molar-refractivity contribution in [1.29, 1.82) is 0 Å². The summed E-state index contributed by atoms with van der Waals surface area (Å²) < 4.78 is 5.50. The van der Waals surface area contributed by atoms with E-state index in [1.807, 2.05) is 16.7 Å². The van der Waals surface area contributed by atoms with Gasteiger partial charge >= 0.3 is 0 Å². The van der Waals surface area contributed by atoms with E-state index in [1.54, 1.807) is 24.3 Å². The van der Waals surface area contributed by atoms with Gasteiger partial charge in [-0.1, -0.05) is 11.6 Å². The van der Waals surface area contributed by atoms with E-state index >= 15 is 0 Å². The molecule has 2 aliphatic rings. The van der Waals surface area contributed by atoms with Crippen LogP contribution in [0.1, 0.15) is 30.1 Å². The lowest BCUT2D eigenvalue weighted by Crippen LogP contribution is -2.49. The average molecular weight is 351 g/mol. The van der Waals surface area contributed by atoms with Crippen molar-refractivity contribution in [1.82, 2.24) is 9.80 Å². The lowest BCUT2D eigenvalue weighted by atomic mass is 9.94. The highest BCUT2D eigenvalue weighted by Crippen LogP contribution is 2.22. The second-order valence-corrected chi connectivity index (χ2v) is 6.98. The lowest BCUT2D eigenvalue weighted by Gasteiger charge is -2.37. The van der Waals surface area contributed by atoms with Gasteiger partial charge in [-0.3, -0.25) is 9.59 Å². The molecule has 2 fully saturated rings. The SMILES string of the molecule is C[C@H]1CN(C(=O)C2CCN(C(=O)c3ccc(Cl)cc3)CC2)CCO1. The summed E-state index contributed by atoms with van der Waals surface area (Å²) in [6.07, 6.45) is 1.56. The molecule has 6 heteroatoms. The molecule has 0 spiro atoms. The molecule has 0 radical (unpaired) electrons. The van der Waals surface area contributed by atoms with Crippen molar-refractivity contribution < 1.29 is 14.3 Å². The van der Waals surface area contributed by atoms with Gasteiger partial charge in [0.1, 0.15) is 0 Å². The molecule has 3 rings (SSSR count). The van der Waals surface area contributed by atoms with E-state index < -0.39 is 0 Å². The molecule has 130 valence electrons. The van der Waals surface area contributed by atoms with Crippen LogP contribution < -0.4 is 0 Å². The highest BCUT2D eigenvalue weighted by molar-refractivity contribution is 6.30. The summed E-state index contributed by atoms with van der Waals surface area (Å²) in [5.41, 5.74) is 0.645. The molecule has 24 heavy (non-hydrogen) atoms. The number of carbonyl (C=O) groups excluding carboxylic acids is 2. The number of piperidine rings is 1. The standard InChI is InChI=1S/C18H23ClN2O3/c1-13-12-21(10-11-24-13)18(23)15-6-8-20(9-7-15)17(22)14-2-4-16(19)5-3-14/h2-5,13,15H,6-12H2,1H3/t13-/m0/s1. The number of hydrogen-bond donors (Lipinski definition) is 0. The van der Waals surface area contributed by atoms with Crippen LogP contribution in [0.4, 0.5) is 0 Å². The number of rotatable bonds is 2. The van der Waals surface area contributed by atoms with Crippen LogP contribution in [-0.2, 0) is 9.53 Å². The first kappa shape index (κ1) is 17.2. The van der Waals surface area contributed by atoms with E-state index in [2.05, 4.69) is 0 Å². The Morgan fingerprint density at radius 1 is 1.08 bits per heavy atom. The molecule has 0 aromatic heterocycles. The first-order valence-electron chi connectivity index (χ1n) is 8.50. The van der Waals surface area contributed by atoms with Crippen molar-refractivity contribution in [3.8, 4) is 0 Å². The van der Waals surface area contributed by atoms with E-state index in [1.165, 1.54) is 0 Å². The summed E-state index contributed by atoms with van der Waals surface area (Å²) in [5.74, 6) is 0.242. The van der Waals surface area contributed by atoms with Gasteiger partial charge in [-0.15, -0.1) is 0 Å². The quantitative estimate of drug-likeness (QED) is 0.823. The Morgan fingerprint density at radius 2 is 1.75 bits per heavy atom. The Hall–Kier alpha value is -1.59. The summed E-state index contributed by atoms with van der Waals surface area (Å²) in [4.78, 5) is 28.9. The highest BCUT2D eigenvalue weighted by atomic mass is 35.5. The van der Waals surface area contributed by atoms with Crippen LogP contribution >= 0.6 is 11.6 Å². The molecular formula is C18H23ClN2O3. The molecule has 0 N–H and O–H groups in total. The van der Waals surface area contributed by atoms with E-state index in [0.717, 1.165) is 12.8 Å². The maximum atomic E-state index is 12.6. The Kier molecular flexibility index (Phi) is 5.41. The Bertz CT molecular complexity index is 597. The molecule has 0 bridgehead atoms. The van der Waals surface area contributed by atoms with E-state index in [9.17, 15) is 9.59 Å². The molecular weight excluding hydrogens is 328 g/mol. The fourth-order valence-corrected chi connectivity index (χ4v) is 3.51. The van der Waals surface area contributed by atoms with Crippen molar-refractivity contribution >= 4 is 23.4 Å². The summed E-state index contributed by atoms with van der Waals surface area (Å²) in [5, 5.41) is 0.621. The van der Waals surface area contributed by atoms with Gasteiger partial charge < -0.3 is 14.5 Å². The van der Waals surface area contributed by atoms with Gasteiger partial charge in [0.15, 0.2) is 0 Å². The summed E-state index contributed by atoms with van der Waals surface area (Å²) in [7, 11) is 0. The van der Waals surface area contributed by atoms with Crippen LogP contribution in [0.5, 0.6) is 0 Å². The minimum Gasteiger partial charge on any atom is -0.375 e. The second-order valence-electron chi connectivity index (χ2n) is 6.54. The molecule has 1 atom stereocenters. The van der Waals surface area contributed by atoms with Gasteiger partial charge in [-0.25, -0.2) is 0 Å². The van der Waals surface area contributed by atoms with Crippen molar-refractivity contribution in [2.75, 3.05) is 32.8 Å². The topological polar surface area (TPSA) is 49.9 Å². The monoisotopic (exact) mass is 350 g/mol. The first-order chi connectivity index (χ1) is 11.5. The largest absolute Gasteiger partial charge is 0.375 e. The van der Waals surface area contributed by atoms with Gasteiger partial charge in [-0.05, 0) is 44.0 Å². The van der Waals surface area contributed by atoms with Crippen LogP contribution in [0, 0.1) is 5.92 Å². The number of benzene rings is 1. The number of amides is 2. The van der Waals surface area contributed by atoms with Crippen LogP contribution in [0.15, 0.2) is 24.3 Å². The molecule has 2 heterocycles. The predicted molar refractivity (Wildman–Crippen MR) is 92.1 cm³/mol. The van der Waals surface area contributed by atoms with Crippen LogP contribution in [0.2, 0.25) is 5.02 Å². The van der Waals surface area contributed by atoms with Crippen molar-refractivity contribution in [2.45, 2.75) is 25.9 Å². The fourth-order valence-electron chi connectivity index (χ4n) is 3.38. The third kappa shape index (κ3) is 3.90. The molecule has 1 aromatic rings. The summed E-state index contributed by atoms with van der Waals surface area (Å²) >= 11 is 5.86. The van der Waals surface area contributed by atoms with E-state index in [4.69, 9.17) is 16.3 Å². The van der Waals surface area contributed by atoms with Crippen LogP contribution in [0.25, 0.3) is 0 Å². The van der Waals surface area contributed by atoms with Gasteiger partial charge in [-0.2, -0.15) is 0 Å². The van der Waals surface area contributed by atoms with Crippen LogP contribution in [-0.4, -0.2) is 60.5 Å². The number of ether oxygens (including phenoxy) is 1. The van der Waals surface area contributed by atoms with Crippen molar-refractivity contribution in [3.05, 3.63) is 34.9 Å². The number of nitrogens with zero attached hydrogens (tertiary/aromatic N) is 2. The number of carbonyl (C=O) groups is 2. The smallest absolute Gasteiger partial charge is 0.253 e. The lowest BCUT2D eigenvalue weighted by molar-refractivity contribution is -0.143. The molecule has 1 aromatic carbocycles. The predicted octanol–water partition coefficient (Wildman–Crippen LogP) is 2.44. The van der Waals surface area contributed by atoms with Crippen LogP contribution in [0.3, 0.4) is 0 Å². The number of morpholine rings is 1. The summed E-state index contributed by atoms with van der Waals surface area (Å²) in [6, 6.07) is 6.95. The zero-order valence-corrected chi connectivity index (χ0v) is 14.7. The molecule has 2 saturated heterocycles.